The van der Waals surface area contributed by atoms with Gasteiger partial charge in [-0.15, -0.1) is 0 Å². The molecular weight excluding hydrogens is 637 g/mol. The van der Waals surface area contributed by atoms with E-state index in [2.05, 4.69) is 114 Å². The minimum Gasteiger partial charge on any atom is -0.489 e. The average molecular weight is 695 g/mol. The van der Waals surface area contributed by atoms with Crippen molar-refractivity contribution in [2.45, 2.75) is 91.9 Å². The van der Waals surface area contributed by atoms with Crippen LogP contribution >= 0.6 is 0 Å². The van der Waals surface area contributed by atoms with Gasteiger partial charge in [-0.2, -0.15) is 0 Å². The van der Waals surface area contributed by atoms with Crippen LogP contribution in [0.3, 0.4) is 0 Å². The van der Waals surface area contributed by atoms with Gasteiger partial charge in [0, 0.05) is 0 Å². The molecule has 5 rings (SSSR count). The molecule has 0 amide bonds. The predicted molar refractivity (Wildman–Crippen MR) is 224 cm³/mol. The lowest BCUT2D eigenvalue weighted by atomic mass is 10.0. The third kappa shape index (κ3) is 8.76. The third-order valence-electron chi connectivity index (χ3n) is 10.4. The molecular formula is C48H58O2Si. The van der Waals surface area contributed by atoms with E-state index in [4.69, 9.17) is 9.47 Å². The number of hydrogen-bond donors (Lipinski definition) is 0. The smallest absolute Gasteiger partial charge is 0.180 e. The Kier molecular flexibility index (Phi) is 13.9. The van der Waals surface area contributed by atoms with Crippen molar-refractivity contribution in [2.24, 2.45) is 0 Å². The summed E-state index contributed by atoms with van der Waals surface area (Å²) in [5.41, 5.74) is 7.69. The Balaban J connectivity index is 1.70. The van der Waals surface area contributed by atoms with Crippen molar-refractivity contribution in [3.05, 3.63) is 145 Å². The van der Waals surface area contributed by atoms with Crippen molar-refractivity contribution in [3.8, 4) is 22.6 Å². The highest BCUT2D eigenvalue weighted by molar-refractivity contribution is 7.22. The summed E-state index contributed by atoms with van der Waals surface area (Å²) >= 11 is 0. The zero-order valence-electron chi connectivity index (χ0n) is 31.6. The Morgan fingerprint density at radius 3 is 1.33 bits per heavy atom. The van der Waals surface area contributed by atoms with Crippen LogP contribution in [-0.4, -0.2) is 21.3 Å². The van der Waals surface area contributed by atoms with E-state index in [0.717, 1.165) is 35.5 Å². The maximum absolute atomic E-state index is 6.38. The molecule has 0 fully saturated rings. The fraction of sp³-hybridized carbons (Fsp3) is 0.333. The molecule has 0 atom stereocenters. The predicted octanol–water partition coefficient (Wildman–Crippen LogP) is 10.1. The van der Waals surface area contributed by atoms with Gasteiger partial charge in [0.2, 0.25) is 0 Å². The molecule has 0 unspecified atom stereocenters. The summed E-state index contributed by atoms with van der Waals surface area (Å²) in [6.45, 7) is 17.6. The molecule has 4 aromatic rings. The van der Waals surface area contributed by atoms with E-state index >= 15 is 0 Å². The molecule has 0 aliphatic carbocycles. The van der Waals surface area contributed by atoms with Crippen molar-refractivity contribution in [1.82, 2.24) is 0 Å². The Bertz CT molecular complexity index is 1670. The van der Waals surface area contributed by atoms with Gasteiger partial charge in [0.25, 0.3) is 0 Å². The van der Waals surface area contributed by atoms with E-state index in [1.165, 1.54) is 94.4 Å². The van der Waals surface area contributed by atoms with E-state index in [9.17, 15) is 0 Å². The van der Waals surface area contributed by atoms with Gasteiger partial charge in [0.1, 0.15) is 24.7 Å². The normalized spacial score (nSPS) is 13.0. The minimum atomic E-state index is -2.72. The highest BCUT2D eigenvalue weighted by atomic mass is 28.3. The molecule has 0 bridgehead atoms. The SMILES string of the molecule is C=CC=CCOc1cc2c(cc1C)[Si](c1ccc(CCCCCC)cc1)(c1ccc(CCCCCC)cc1)c1cc(C)c(OCC=CC=C)cc1-2. The summed E-state index contributed by atoms with van der Waals surface area (Å²) < 4.78 is 12.8. The van der Waals surface area contributed by atoms with Crippen LogP contribution in [0, 0.1) is 13.8 Å². The van der Waals surface area contributed by atoms with Crippen LogP contribution in [0.25, 0.3) is 11.1 Å². The number of hydrogen-bond acceptors (Lipinski definition) is 2. The van der Waals surface area contributed by atoms with Gasteiger partial charge < -0.3 is 9.47 Å². The molecule has 0 N–H and O–H groups in total. The van der Waals surface area contributed by atoms with Crippen molar-refractivity contribution in [1.29, 1.82) is 0 Å². The second-order valence-corrected chi connectivity index (χ2v) is 17.8. The lowest BCUT2D eigenvalue weighted by Crippen LogP contribution is -2.73. The lowest BCUT2D eigenvalue weighted by molar-refractivity contribution is 0.360. The summed E-state index contributed by atoms with van der Waals surface area (Å²) in [5.74, 6) is 1.83. The number of aryl methyl sites for hydroxylation is 4. The van der Waals surface area contributed by atoms with Crippen molar-refractivity contribution in [3.63, 3.8) is 0 Å². The van der Waals surface area contributed by atoms with Gasteiger partial charge in [-0.1, -0.05) is 150 Å². The third-order valence-corrected chi connectivity index (χ3v) is 15.2. The molecule has 266 valence electrons. The molecule has 0 radical (unpaired) electrons. The van der Waals surface area contributed by atoms with Gasteiger partial charge in [-0.05, 0) is 118 Å². The number of allylic oxidation sites excluding steroid dienone is 4. The maximum Gasteiger partial charge on any atom is 0.180 e. The van der Waals surface area contributed by atoms with Crippen molar-refractivity contribution >= 4 is 28.8 Å². The Hall–Kier alpha value is -4.34. The Labute approximate surface area is 309 Å². The van der Waals surface area contributed by atoms with Crippen LogP contribution in [0.2, 0.25) is 0 Å². The summed E-state index contributed by atoms with van der Waals surface area (Å²) in [4.78, 5) is 0. The highest BCUT2D eigenvalue weighted by Gasteiger charge is 2.49. The van der Waals surface area contributed by atoms with Crippen LogP contribution in [0.5, 0.6) is 11.5 Å². The van der Waals surface area contributed by atoms with Crippen molar-refractivity contribution < 1.29 is 9.47 Å². The average Bonchev–Trinajstić information content (AvgIpc) is 3.41. The van der Waals surface area contributed by atoms with Crippen LogP contribution in [0.4, 0.5) is 0 Å². The zero-order chi connectivity index (χ0) is 36.1. The second kappa shape index (κ2) is 18.8. The number of benzene rings is 4. The number of fused-ring (bicyclic) bond motifs is 3. The zero-order valence-corrected chi connectivity index (χ0v) is 32.6. The fourth-order valence-corrected chi connectivity index (χ4v) is 12.9. The molecule has 1 aliphatic rings. The molecule has 2 nitrogen and oxygen atoms in total. The van der Waals surface area contributed by atoms with Gasteiger partial charge in [0.05, 0.1) is 0 Å². The fourth-order valence-electron chi connectivity index (χ4n) is 7.62. The van der Waals surface area contributed by atoms with Gasteiger partial charge >= 0.3 is 0 Å². The van der Waals surface area contributed by atoms with Crippen LogP contribution in [-0.2, 0) is 12.8 Å². The Morgan fingerprint density at radius 2 is 0.961 bits per heavy atom. The first-order valence-corrected chi connectivity index (χ1v) is 21.3. The monoisotopic (exact) mass is 694 g/mol. The first kappa shape index (κ1) is 37.9. The number of ether oxygens (including phenoxy) is 2. The summed E-state index contributed by atoms with van der Waals surface area (Å²) in [5, 5.41) is 5.72. The van der Waals surface area contributed by atoms with Gasteiger partial charge in [0.15, 0.2) is 8.07 Å². The molecule has 0 saturated carbocycles. The molecule has 3 heteroatoms. The molecule has 4 aromatic carbocycles. The number of rotatable bonds is 20. The van der Waals surface area contributed by atoms with Crippen LogP contribution < -0.4 is 30.2 Å². The molecule has 1 aliphatic heterocycles. The minimum absolute atomic E-state index is 0.498. The molecule has 0 aromatic heterocycles. The standard InChI is InChI=1S/C48H58O2Si/c1-7-11-15-17-21-39-23-27-41(28-24-39)51(42-29-25-40(26-30-42)22-18-16-12-8-2)47-33-37(5)45(49-31-19-13-9-3)35-43(47)44-36-46(38(6)34-48(44)51)50-32-20-14-10-4/h9-10,13-14,19-20,23-30,33-36H,3-4,7-8,11-12,15-18,21-22,31-32H2,1-2,5-6H3. The molecule has 51 heavy (non-hydrogen) atoms. The maximum atomic E-state index is 6.38. The lowest BCUT2D eigenvalue weighted by Gasteiger charge is -2.32. The molecule has 0 saturated heterocycles. The quantitative estimate of drug-likeness (QED) is 0.0459. The van der Waals surface area contributed by atoms with Gasteiger partial charge in [-0.3, -0.25) is 0 Å². The van der Waals surface area contributed by atoms with E-state index in [-0.39, 0.29) is 0 Å². The largest absolute Gasteiger partial charge is 0.489 e. The van der Waals surface area contributed by atoms with Crippen molar-refractivity contribution in [2.75, 3.05) is 13.2 Å². The van der Waals surface area contributed by atoms with Crippen LogP contribution in [0.1, 0.15) is 87.5 Å². The highest BCUT2D eigenvalue weighted by Crippen LogP contribution is 2.36. The van der Waals surface area contributed by atoms with E-state index < -0.39 is 8.07 Å². The summed E-state index contributed by atoms with van der Waals surface area (Å²) in [6, 6.07) is 28.9. The van der Waals surface area contributed by atoms with E-state index in [0.29, 0.717) is 13.2 Å². The van der Waals surface area contributed by atoms with E-state index in [1.807, 2.05) is 24.3 Å². The topological polar surface area (TPSA) is 18.5 Å². The van der Waals surface area contributed by atoms with Crippen LogP contribution in [0.15, 0.2) is 122 Å². The second-order valence-electron chi connectivity index (χ2n) is 14.0. The van der Waals surface area contributed by atoms with Gasteiger partial charge in [-0.25, -0.2) is 0 Å². The first-order valence-electron chi connectivity index (χ1n) is 19.3. The van der Waals surface area contributed by atoms with E-state index in [1.54, 1.807) is 12.2 Å². The summed E-state index contributed by atoms with van der Waals surface area (Å²) in [7, 11) is -2.72. The Morgan fingerprint density at radius 1 is 0.549 bits per heavy atom. The summed E-state index contributed by atoms with van der Waals surface area (Å²) in [6.07, 6.45) is 23.9. The number of unbranched alkanes of at least 4 members (excludes halogenated alkanes) is 6. The molecule has 0 spiro atoms. The molecule has 1 heterocycles. The first-order chi connectivity index (χ1) is 25.0.